The van der Waals surface area contributed by atoms with Crippen LogP contribution in [0.1, 0.15) is 58.0 Å². The summed E-state index contributed by atoms with van der Waals surface area (Å²) in [5, 5.41) is 33.7. The van der Waals surface area contributed by atoms with Gasteiger partial charge >= 0.3 is 17.1 Å². The minimum atomic E-state index is -0.547. The van der Waals surface area contributed by atoms with E-state index in [1.54, 1.807) is 88.7 Å². The molecule has 47 heteroatoms. The van der Waals surface area contributed by atoms with Crippen molar-refractivity contribution in [3.63, 3.8) is 0 Å². The first-order chi connectivity index (χ1) is 69.0. The summed E-state index contributed by atoms with van der Waals surface area (Å²) in [6.07, 6.45) is 23.9. The summed E-state index contributed by atoms with van der Waals surface area (Å²) in [7, 11) is 5.44. The number of nitrogens with two attached hydrogens (primary N) is 5. The van der Waals surface area contributed by atoms with Gasteiger partial charge in [-0.1, -0.05) is 66.2 Å². The number of aryl methyl sites for hydroxylation is 2. The van der Waals surface area contributed by atoms with Crippen LogP contribution in [0.5, 0.6) is 0 Å². The number of likely N-dealkylation sites (tertiary alicyclic amines) is 1. The second-order valence-electron chi connectivity index (χ2n) is 34.8. The van der Waals surface area contributed by atoms with Crippen molar-refractivity contribution in [1.29, 1.82) is 0 Å². The summed E-state index contributed by atoms with van der Waals surface area (Å²) in [4.78, 5) is 134. The average Bonchev–Trinajstić information content (AvgIpc) is 1.56. The number of halogens is 1. The molecule has 0 bridgehead atoms. The van der Waals surface area contributed by atoms with Gasteiger partial charge in [0.1, 0.15) is 45.7 Å². The molecule has 0 amide bonds. The molecule has 142 heavy (non-hydrogen) atoms. The Hall–Kier alpha value is -17.6. The van der Waals surface area contributed by atoms with Crippen molar-refractivity contribution in [1.82, 2.24) is 147 Å². The highest BCUT2D eigenvalue weighted by Crippen LogP contribution is 2.40. The number of rotatable bonds is 13. The van der Waals surface area contributed by atoms with Crippen molar-refractivity contribution in [2.45, 2.75) is 71.3 Å². The number of hydrogen-bond donors (Lipinski definition) is 11. The van der Waals surface area contributed by atoms with Crippen molar-refractivity contribution in [2.24, 2.45) is 14.1 Å². The van der Waals surface area contributed by atoms with Gasteiger partial charge in [0, 0.05) is 216 Å². The minimum absolute atomic E-state index is 0.222. The van der Waals surface area contributed by atoms with E-state index in [1.807, 2.05) is 152 Å². The molecule has 5 aliphatic rings. The molecule has 16 N–H and O–H groups in total. The fraction of sp³-hybridized carbons (Fsp3) is 0.211. The topological polar surface area (TPSA) is 578 Å². The first-order valence-corrected chi connectivity index (χ1v) is 46.7. The molecule has 5 aliphatic heterocycles. The average molecular weight is 1940 g/mol. The number of H-pyrrole nitrogens is 6. The van der Waals surface area contributed by atoms with Gasteiger partial charge in [0.05, 0.1) is 133 Å². The Kier molecular flexibility index (Phi) is 23.4. The maximum atomic E-state index is 12.1. The van der Waals surface area contributed by atoms with Crippen LogP contribution in [0.15, 0.2) is 218 Å². The number of thioether (sulfide) groups is 1. The predicted molar refractivity (Wildman–Crippen MR) is 539 cm³/mol. The van der Waals surface area contributed by atoms with Crippen LogP contribution in [-0.2, 0) is 71.2 Å². The summed E-state index contributed by atoms with van der Waals surface area (Å²) in [5.74, 6) is 6.24. The molecule has 714 valence electrons. The van der Waals surface area contributed by atoms with E-state index in [2.05, 4.69) is 120 Å². The van der Waals surface area contributed by atoms with Crippen molar-refractivity contribution in [3.05, 3.63) is 302 Å². The summed E-state index contributed by atoms with van der Waals surface area (Å²) >= 11 is 8.47. The normalized spacial score (nSPS) is 14.3. The summed E-state index contributed by atoms with van der Waals surface area (Å²) in [6.45, 7) is 7.72. The van der Waals surface area contributed by atoms with Gasteiger partial charge in [-0.3, -0.25) is 63.5 Å². The van der Waals surface area contributed by atoms with Crippen molar-refractivity contribution >= 4 is 131 Å². The Morgan fingerprint density at radius 3 is 1.13 bits per heavy atom. The number of nitrogens with one attached hydrogen (secondary N) is 6. The van der Waals surface area contributed by atoms with Crippen LogP contribution >= 0.6 is 23.4 Å². The second kappa shape index (κ2) is 37.0. The fourth-order valence-electron chi connectivity index (χ4n) is 18.4. The molecule has 0 unspecified atom stereocenters. The number of pyridine rings is 3. The third kappa shape index (κ3) is 17.5. The lowest BCUT2D eigenvalue weighted by atomic mass is 10.1. The van der Waals surface area contributed by atoms with E-state index in [0.29, 0.717) is 124 Å². The highest BCUT2D eigenvalue weighted by molar-refractivity contribution is 7.99. The standard InChI is InChI=1S/C22H24N6O.C21H16N8O2.C20H20N6S.C16H14ClN9O2.C16H15N9O2/c1-29-18-6-8-27(9-7-18)14-17-11-21(23)28-22(26-17)19(13-25-28)16-10-15-4-2-3-5-20(15)24-12-16;22-17-6-18(28-9-14-16(10-28)25-21(31)27-20(14)30)26-19-13(8-24-29(17)19)12-5-11-3-1-2-4-15(11)23-7-12;21-19-10-16(13-25-5-7-27-8-6-25)24-20-17(12-23-26(19)20)15-9-14-3-1-2-4-18(14)22-11-15;1-24-4-7(2-19-24)8-3-20-26-12(18)11(17)14(22-13(8)26)25-5-9-10(6-25)21-16(28)23-15(9)27;1-23-5-8(3-18-23)9-4-19-25-12(17)2-13(21-14(9)25)24-6-10-11(7-24)20-16(27)22-15(10)26/h2-5,10-13,18H,6-9,14,23H2,1H3;1-8H,9-10,22H2,(H2,25,27,30,31);1-4,9-12H,5-8,13,21H2;2-4H,5-6,18H2,1H3,(H2,21,23,27,28);2-5H,6-7,17H2,1H3,(H2,20,22,26,27). The SMILES string of the molecule is COC1CCN(Cc2cc(N)n3ncc(-c4cnc5ccccc5c4)c3n2)CC1.Cn1cc(-c2cnn3c(N)c(Cl)c(N4Cc5[nH]c(=O)[nH]c(=O)c5C4)nc23)cn1.Cn1cc(-c2cnn3c(N)cc(N4Cc5[nH]c(=O)[nH]c(=O)c5C4)nc23)cn1.Nc1cc(CN2CCSCC2)nc2c(-c3cnc4ccccc4c3)cnn12.Nc1cc(N2Cc3[nH]c(=O)[nH]c(=O)c3C2)nc2c(-c3cnc4ccccc4c3)cnn12. The van der Waals surface area contributed by atoms with Gasteiger partial charge in [-0.25, -0.2) is 39.3 Å². The van der Waals surface area contributed by atoms with E-state index in [-0.39, 0.29) is 35.0 Å². The van der Waals surface area contributed by atoms with Gasteiger partial charge in [-0.15, -0.1) is 0 Å². The van der Waals surface area contributed by atoms with Crippen LogP contribution in [0.4, 0.5) is 46.5 Å². The summed E-state index contributed by atoms with van der Waals surface area (Å²) in [5.41, 5.74) is 48.5. The van der Waals surface area contributed by atoms with Crippen molar-refractivity contribution < 1.29 is 4.74 Å². The number of nitrogen functional groups attached to an aromatic ring is 5. The van der Waals surface area contributed by atoms with E-state index in [4.69, 9.17) is 64.9 Å². The summed E-state index contributed by atoms with van der Waals surface area (Å²) < 4.78 is 16.9. The maximum Gasteiger partial charge on any atom is 0.325 e. The summed E-state index contributed by atoms with van der Waals surface area (Å²) in [6, 6.07) is 37.6. The molecule has 26 rings (SSSR count). The van der Waals surface area contributed by atoms with Crippen LogP contribution in [-0.4, -0.2) is 198 Å². The van der Waals surface area contributed by atoms with Gasteiger partial charge in [-0.2, -0.15) is 70.0 Å². The Morgan fingerprint density at radius 1 is 0.387 bits per heavy atom. The van der Waals surface area contributed by atoms with Crippen molar-refractivity contribution in [2.75, 3.05) is 88.2 Å². The van der Waals surface area contributed by atoms with Gasteiger partial charge in [-0.05, 0) is 49.2 Å². The number of para-hydroxylation sites is 3. The van der Waals surface area contributed by atoms with Crippen LogP contribution in [0.2, 0.25) is 5.02 Å². The number of methoxy groups -OCH3 is 1. The lowest BCUT2D eigenvalue weighted by Crippen LogP contribution is -2.36. The van der Waals surface area contributed by atoms with Gasteiger partial charge in [0.25, 0.3) is 16.7 Å². The third-order valence-corrected chi connectivity index (χ3v) is 26.9. The van der Waals surface area contributed by atoms with Gasteiger partial charge in [0.15, 0.2) is 34.1 Å². The van der Waals surface area contributed by atoms with Crippen LogP contribution in [0.3, 0.4) is 0 Å². The number of aromatic amines is 6. The minimum Gasteiger partial charge on any atom is -0.384 e. The predicted octanol–water partition coefficient (Wildman–Crippen LogP) is 7.51. The molecule has 18 aromatic heterocycles. The molecular formula is C95H89ClN38O7S. The Morgan fingerprint density at radius 2 is 0.739 bits per heavy atom. The molecule has 45 nitrogen and oxygen atoms in total. The number of aromatic nitrogens is 28. The molecule has 2 saturated heterocycles. The quantitative estimate of drug-likeness (QED) is 0.0532. The molecule has 21 aromatic rings. The van der Waals surface area contributed by atoms with E-state index in [9.17, 15) is 28.8 Å². The van der Waals surface area contributed by atoms with Gasteiger partial charge < -0.3 is 63.1 Å². The third-order valence-electron chi connectivity index (χ3n) is 25.6. The number of nitrogens with zero attached hydrogens (tertiary/aromatic N) is 27. The Balaban J connectivity index is 0.000000102. The lowest BCUT2D eigenvalue weighted by Gasteiger charge is -2.30. The maximum absolute atomic E-state index is 12.1. The zero-order chi connectivity index (χ0) is 97.4. The molecule has 2 fully saturated rings. The molecular weight excluding hydrogens is 1850 g/mol. The molecule has 0 spiro atoms. The van der Waals surface area contributed by atoms with Crippen molar-refractivity contribution in [3.8, 4) is 55.6 Å². The van der Waals surface area contributed by atoms with Gasteiger partial charge in [0.2, 0.25) is 0 Å². The Bertz CT molecular complexity index is 8940. The Labute approximate surface area is 809 Å². The van der Waals surface area contributed by atoms with E-state index in [1.165, 1.54) is 16.0 Å². The fourth-order valence-corrected chi connectivity index (χ4v) is 19.6. The molecule has 3 aromatic carbocycles. The van der Waals surface area contributed by atoms with Crippen LogP contribution in [0, 0.1) is 0 Å². The number of hydrogen-bond acceptors (Lipinski definition) is 33. The second-order valence-corrected chi connectivity index (χ2v) is 36.4. The molecule has 0 aliphatic carbocycles. The molecule has 0 saturated carbocycles. The number of benzene rings is 3. The number of anilines is 8. The molecule has 0 atom stereocenters. The van der Waals surface area contributed by atoms with Crippen LogP contribution < -0.4 is 77.1 Å². The number of fused-ring (bicyclic) bond motifs is 11. The van der Waals surface area contributed by atoms with E-state index in [0.717, 1.165) is 163 Å². The first kappa shape index (κ1) is 89.6. The lowest BCUT2D eigenvalue weighted by molar-refractivity contribution is 0.0385. The molecule has 0 radical (unpaired) electrons. The van der Waals surface area contributed by atoms with E-state index < -0.39 is 22.6 Å². The number of ether oxygens (including phenoxy) is 1. The largest absolute Gasteiger partial charge is 0.384 e. The van der Waals surface area contributed by atoms with E-state index >= 15 is 0 Å². The monoisotopic (exact) mass is 1940 g/mol. The zero-order valence-corrected chi connectivity index (χ0v) is 78.0. The smallest absolute Gasteiger partial charge is 0.325 e. The highest BCUT2D eigenvalue weighted by Gasteiger charge is 2.32. The first-order valence-electron chi connectivity index (χ1n) is 45.2. The van der Waals surface area contributed by atoms with Crippen LogP contribution in [0.25, 0.3) is 117 Å². The zero-order valence-electron chi connectivity index (χ0n) is 76.4. The molecule has 23 heterocycles. The highest BCUT2D eigenvalue weighted by atomic mass is 35.5. The number of piperidine rings is 1.